The third-order valence-corrected chi connectivity index (χ3v) is 4.50. The molecule has 0 aromatic carbocycles. The molecule has 12 heavy (non-hydrogen) atoms. The highest BCUT2D eigenvalue weighted by Gasteiger charge is 2.31. The van der Waals surface area contributed by atoms with Crippen molar-refractivity contribution >= 4 is 8.56 Å². The van der Waals surface area contributed by atoms with Crippen molar-refractivity contribution in [3.63, 3.8) is 0 Å². The van der Waals surface area contributed by atoms with Crippen molar-refractivity contribution in [3.8, 4) is 0 Å². The standard InChI is InChI=1S/C8H20O3Si/c1-5-10-12(4,7-6-9)11-8(2)3/h8-9H,5-7H2,1-4H3. The molecule has 0 radical (unpaired) electrons. The molecule has 0 heterocycles. The van der Waals surface area contributed by atoms with Crippen molar-refractivity contribution < 1.29 is 14.0 Å². The molecular weight excluding hydrogens is 172 g/mol. The van der Waals surface area contributed by atoms with E-state index in [-0.39, 0.29) is 12.7 Å². The Balaban J connectivity index is 3.98. The summed E-state index contributed by atoms with van der Waals surface area (Å²) in [6.45, 7) is 8.73. The van der Waals surface area contributed by atoms with E-state index in [1.165, 1.54) is 0 Å². The van der Waals surface area contributed by atoms with Gasteiger partial charge in [-0.25, -0.2) is 0 Å². The van der Waals surface area contributed by atoms with Gasteiger partial charge in [0, 0.05) is 25.4 Å². The van der Waals surface area contributed by atoms with Gasteiger partial charge >= 0.3 is 8.56 Å². The third kappa shape index (κ3) is 4.87. The summed E-state index contributed by atoms with van der Waals surface area (Å²) in [6.07, 6.45) is 0.180. The van der Waals surface area contributed by atoms with E-state index in [2.05, 4.69) is 0 Å². The fraction of sp³-hybridized carbons (Fsp3) is 1.00. The molecular formula is C8H20O3Si. The van der Waals surface area contributed by atoms with E-state index in [0.29, 0.717) is 12.7 Å². The Bertz CT molecular complexity index is 111. The average Bonchev–Trinajstić information content (AvgIpc) is 1.85. The van der Waals surface area contributed by atoms with Crippen molar-refractivity contribution in [1.82, 2.24) is 0 Å². The Kier molecular flexibility index (Phi) is 5.74. The second-order valence-electron chi connectivity index (χ2n) is 3.21. The monoisotopic (exact) mass is 192 g/mol. The topological polar surface area (TPSA) is 38.7 Å². The summed E-state index contributed by atoms with van der Waals surface area (Å²) in [5, 5.41) is 8.82. The van der Waals surface area contributed by atoms with Crippen LogP contribution >= 0.6 is 0 Å². The van der Waals surface area contributed by atoms with E-state index in [0.717, 1.165) is 0 Å². The highest BCUT2D eigenvalue weighted by molar-refractivity contribution is 6.66. The Morgan fingerprint density at radius 2 is 2.00 bits per heavy atom. The van der Waals surface area contributed by atoms with Crippen LogP contribution in [0.2, 0.25) is 12.6 Å². The number of rotatable bonds is 6. The van der Waals surface area contributed by atoms with Crippen LogP contribution in [0.25, 0.3) is 0 Å². The Labute approximate surface area is 75.9 Å². The molecule has 0 saturated carbocycles. The van der Waals surface area contributed by atoms with Crippen LogP contribution in [-0.4, -0.2) is 33.0 Å². The van der Waals surface area contributed by atoms with E-state index in [1.54, 1.807) is 0 Å². The van der Waals surface area contributed by atoms with Crippen molar-refractivity contribution in [2.75, 3.05) is 13.2 Å². The fourth-order valence-electron chi connectivity index (χ4n) is 1.17. The lowest BCUT2D eigenvalue weighted by Crippen LogP contribution is -2.41. The van der Waals surface area contributed by atoms with Gasteiger partial charge in [0.2, 0.25) is 0 Å². The average molecular weight is 192 g/mol. The molecule has 74 valence electrons. The van der Waals surface area contributed by atoms with Crippen LogP contribution in [0.3, 0.4) is 0 Å². The van der Waals surface area contributed by atoms with Crippen molar-refractivity contribution in [1.29, 1.82) is 0 Å². The van der Waals surface area contributed by atoms with Gasteiger partial charge in [0.05, 0.1) is 0 Å². The van der Waals surface area contributed by atoms with Gasteiger partial charge in [-0.3, -0.25) is 0 Å². The van der Waals surface area contributed by atoms with Gasteiger partial charge in [0.1, 0.15) is 0 Å². The summed E-state index contributed by atoms with van der Waals surface area (Å²) in [7, 11) is -2.06. The lowest BCUT2D eigenvalue weighted by molar-refractivity contribution is 0.135. The third-order valence-electron chi connectivity index (χ3n) is 1.50. The minimum atomic E-state index is -2.06. The first-order valence-electron chi connectivity index (χ1n) is 4.46. The highest BCUT2D eigenvalue weighted by Crippen LogP contribution is 2.14. The minimum absolute atomic E-state index is 0.148. The molecule has 0 aliphatic carbocycles. The largest absolute Gasteiger partial charge is 0.396 e. The maximum absolute atomic E-state index is 8.82. The highest BCUT2D eigenvalue weighted by atomic mass is 28.4. The molecule has 4 heteroatoms. The first-order chi connectivity index (χ1) is 5.54. The molecule has 0 rings (SSSR count). The summed E-state index contributed by atoms with van der Waals surface area (Å²) >= 11 is 0. The van der Waals surface area contributed by atoms with E-state index >= 15 is 0 Å². The molecule has 1 atom stereocenters. The van der Waals surface area contributed by atoms with E-state index in [1.807, 2.05) is 27.3 Å². The molecule has 1 N–H and O–H groups in total. The summed E-state index contributed by atoms with van der Waals surface area (Å²) in [5.41, 5.74) is 0. The molecule has 0 spiro atoms. The zero-order valence-electron chi connectivity index (χ0n) is 8.46. The predicted octanol–water partition coefficient (Wildman–Crippen LogP) is 1.51. The van der Waals surface area contributed by atoms with Crippen LogP contribution in [-0.2, 0) is 8.85 Å². The molecule has 0 bridgehead atoms. The SMILES string of the molecule is CCO[Si](C)(CCO)OC(C)C. The summed E-state index contributed by atoms with van der Waals surface area (Å²) < 4.78 is 11.2. The van der Waals surface area contributed by atoms with Crippen LogP contribution in [0.1, 0.15) is 20.8 Å². The molecule has 0 aliphatic heterocycles. The lowest BCUT2D eigenvalue weighted by Gasteiger charge is -2.27. The molecule has 0 fully saturated rings. The summed E-state index contributed by atoms with van der Waals surface area (Å²) in [4.78, 5) is 0. The van der Waals surface area contributed by atoms with Crippen LogP contribution in [0.5, 0.6) is 0 Å². The van der Waals surface area contributed by atoms with Gasteiger partial charge in [0.25, 0.3) is 0 Å². The number of aliphatic hydroxyl groups is 1. The number of aliphatic hydroxyl groups excluding tert-OH is 1. The van der Waals surface area contributed by atoms with Gasteiger partial charge in [-0.1, -0.05) is 0 Å². The zero-order valence-corrected chi connectivity index (χ0v) is 9.46. The van der Waals surface area contributed by atoms with Gasteiger partial charge in [-0.05, 0) is 27.3 Å². The summed E-state index contributed by atoms with van der Waals surface area (Å²) in [5.74, 6) is 0. The first-order valence-corrected chi connectivity index (χ1v) is 6.99. The lowest BCUT2D eigenvalue weighted by atomic mass is 10.5. The number of hydrogen-bond acceptors (Lipinski definition) is 3. The first kappa shape index (κ1) is 12.1. The number of hydrogen-bond donors (Lipinski definition) is 1. The maximum Gasteiger partial charge on any atom is 0.337 e. The fourth-order valence-corrected chi connectivity index (χ4v) is 3.52. The molecule has 1 unspecified atom stereocenters. The van der Waals surface area contributed by atoms with Gasteiger partial charge < -0.3 is 14.0 Å². The summed E-state index contributed by atoms with van der Waals surface area (Å²) in [6, 6.07) is 0.652. The smallest absolute Gasteiger partial charge is 0.337 e. The second kappa shape index (κ2) is 5.69. The maximum atomic E-state index is 8.82. The minimum Gasteiger partial charge on any atom is -0.396 e. The molecule has 0 amide bonds. The van der Waals surface area contributed by atoms with E-state index in [4.69, 9.17) is 14.0 Å². The van der Waals surface area contributed by atoms with Gasteiger partial charge in [-0.2, -0.15) is 0 Å². The van der Waals surface area contributed by atoms with Crippen molar-refractivity contribution in [3.05, 3.63) is 0 Å². The quantitative estimate of drug-likeness (QED) is 0.648. The van der Waals surface area contributed by atoms with E-state index < -0.39 is 8.56 Å². The molecule has 3 nitrogen and oxygen atoms in total. The van der Waals surface area contributed by atoms with Crippen molar-refractivity contribution in [2.45, 2.75) is 39.5 Å². The molecule has 0 aromatic rings. The zero-order chi connectivity index (χ0) is 9.61. The molecule has 0 aromatic heterocycles. The Morgan fingerprint density at radius 3 is 2.33 bits per heavy atom. The van der Waals surface area contributed by atoms with Crippen LogP contribution in [0, 0.1) is 0 Å². The van der Waals surface area contributed by atoms with Crippen LogP contribution < -0.4 is 0 Å². The van der Waals surface area contributed by atoms with Gasteiger partial charge in [-0.15, -0.1) is 0 Å². The normalized spacial score (nSPS) is 16.5. The van der Waals surface area contributed by atoms with Gasteiger partial charge in [0.15, 0.2) is 0 Å². The van der Waals surface area contributed by atoms with E-state index in [9.17, 15) is 0 Å². The van der Waals surface area contributed by atoms with Crippen LogP contribution in [0.4, 0.5) is 0 Å². The molecule has 0 aliphatic rings. The Morgan fingerprint density at radius 1 is 1.42 bits per heavy atom. The molecule has 0 saturated heterocycles. The predicted molar refractivity (Wildman–Crippen MR) is 51.4 cm³/mol. The van der Waals surface area contributed by atoms with Crippen LogP contribution in [0.15, 0.2) is 0 Å². The second-order valence-corrected chi connectivity index (χ2v) is 6.50. The Hall–Kier alpha value is 0.0969. The van der Waals surface area contributed by atoms with Crippen molar-refractivity contribution in [2.24, 2.45) is 0 Å².